The predicted molar refractivity (Wildman–Crippen MR) is 46.5 cm³/mol. The highest BCUT2D eigenvalue weighted by atomic mass is 16.5. The molecule has 80 valence electrons. The number of hydrogen-bond donors (Lipinski definition) is 0. The smallest absolute Gasteiger partial charge is 0.360 e. The van der Waals surface area contributed by atoms with Gasteiger partial charge < -0.3 is 19.4 Å². The Morgan fingerprint density at radius 2 is 2.07 bits per heavy atom. The quantitative estimate of drug-likeness (QED) is 0.609. The maximum Gasteiger partial charge on any atom is 0.360 e. The molecular formula is C9H8NO5-. The Kier molecular flexibility index (Phi) is 3.22. The molecule has 1 aromatic rings. The van der Waals surface area contributed by atoms with Gasteiger partial charge >= 0.3 is 5.97 Å². The van der Waals surface area contributed by atoms with Crippen LogP contribution in [-0.2, 0) is 4.74 Å². The van der Waals surface area contributed by atoms with E-state index in [9.17, 15) is 14.7 Å². The fourth-order valence-corrected chi connectivity index (χ4v) is 0.962. The summed E-state index contributed by atoms with van der Waals surface area (Å²) in [6.45, 7) is 0. The number of nitrogens with zero attached hydrogens (tertiary/aromatic N) is 1. The van der Waals surface area contributed by atoms with Crippen LogP contribution in [0.25, 0.3) is 0 Å². The van der Waals surface area contributed by atoms with Crippen molar-refractivity contribution < 1.29 is 24.2 Å². The van der Waals surface area contributed by atoms with Crippen LogP contribution in [0.15, 0.2) is 12.3 Å². The highest BCUT2D eigenvalue weighted by Crippen LogP contribution is 2.17. The van der Waals surface area contributed by atoms with Crippen LogP contribution in [0.1, 0.15) is 20.8 Å². The van der Waals surface area contributed by atoms with Gasteiger partial charge in [-0.2, -0.15) is 0 Å². The summed E-state index contributed by atoms with van der Waals surface area (Å²) in [5, 5.41) is 10.5. The Bertz CT molecular complexity index is 401. The van der Waals surface area contributed by atoms with Crippen molar-refractivity contribution in [3.8, 4) is 5.75 Å². The minimum atomic E-state index is -1.39. The van der Waals surface area contributed by atoms with E-state index in [4.69, 9.17) is 4.74 Å². The molecule has 15 heavy (non-hydrogen) atoms. The van der Waals surface area contributed by atoms with Crippen molar-refractivity contribution in [2.24, 2.45) is 0 Å². The molecule has 0 radical (unpaired) electrons. The third-order valence-electron chi connectivity index (χ3n) is 1.69. The van der Waals surface area contributed by atoms with Crippen molar-refractivity contribution in [1.29, 1.82) is 0 Å². The normalized spacial score (nSPS) is 9.47. The molecule has 0 spiro atoms. The first-order valence-electron chi connectivity index (χ1n) is 3.93. The van der Waals surface area contributed by atoms with E-state index < -0.39 is 11.9 Å². The number of esters is 1. The van der Waals surface area contributed by atoms with E-state index in [1.165, 1.54) is 14.2 Å². The zero-order valence-corrected chi connectivity index (χ0v) is 8.14. The summed E-state index contributed by atoms with van der Waals surface area (Å²) in [5.74, 6) is -2.06. The number of carbonyl (C=O) groups excluding carboxylic acids is 2. The van der Waals surface area contributed by atoms with E-state index in [1.807, 2.05) is 0 Å². The van der Waals surface area contributed by atoms with Gasteiger partial charge in [0, 0.05) is 11.8 Å². The first-order valence-corrected chi connectivity index (χ1v) is 3.93. The molecule has 0 amide bonds. The second kappa shape index (κ2) is 4.41. The Morgan fingerprint density at radius 3 is 2.53 bits per heavy atom. The minimum Gasteiger partial charge on any atom is -0.545 e. The second-order valence-electron chi connectivity index (χ2n) is 2.55. The summed E-state index contributed by atoms with van der Waals surface area (Å²) in [7, 11) is 2.48. The molecule has 0 saturated heterocycles. The lowest BCUT2D eigenvalue weighted by Crippen LogP contribution is -2.23. The topological polar surface area (TPSA) is 88.5 Å². The molecule has 1 heterocycles. The summed E-state index contributed by atoms with van der Waals surface area (Å²) in [4.78, 5) is 25.3. The van der Waals surface area contributed by atoms with Gasteiger partial charge in [0.25, 0.3) is 0 Å². The van der Waals surface area contributed by atoms with Gasteiger partial charge in [0.05, 0.1) is 20.2 Å². The van der Waals surface area contributed by atoms with Crippen molar-refractivity contribution in [1.82, 2.24) is 4.98 Å². The van der Waals surface area contributed by atoms with Gasteiger partial charge in [-0.05, 0) is 6.07 Å². The SMILES string of the molecule is COC(=O)c1ncc(C(=O)[O-])cc1OC. The van der Waals surface area contributed by atoms with Gasteiger partial charge in [0.2, 0.25) is 0 Å². The van der Waals surface area contributed by atoms with Crippen molar-refractivity contribution in [2.45, 2.75) is 0 Å². The molecule has 1 aromatic heterocycles. The van der Waals surface area contributed by atoms with E-state index in [2.05, 4.69) is 9.72 Å². The molecule has 0 bridgehead atoms. The average Bonchev–Trinajstić information content (AvgIpc) is 2.27. The van der Waals surface area contributed by atoms with Crippen molar-refractivity contribution in [3.05, 3.63) is 23.5 Å². The number of ether oxygens (including phenoxy) is 2. The van der Waals surface area contributed by atoms with Crippen LogP contribution < -0.4 is 9.84 Å². The minimum absolute atomic E-state index is 0.0311. The van der Waals surface area contributed by atoms with Gasteiger partial charge in [-0.1, -0.05) is 0 Å². The van der Waals surface area contributed by atoms with Gasteiger partial charge in [0.1, 0.15) is 0 Å². The van der Waals surface area contributed by atoms with Crippen LogP contribution >= 0.6 is 0 Å². The zero-order chi connectivity index (χ0) is 11.4. The molecule has 6 heteroatoms. The lowest BCUT2D eigenvalue weighted by molar-refractivity contribution is -0.255. The van der Waals surface area contributed by atoms with E-state index in [1.54, 1.807) is 0 Å². The van der Waals surface area contributed by atoms with Crippen LogP contribution in [0.5, 0.6) is 5.75 Å². The number of carbonyl (C=O) groups is 2. The largest absolute Gasteiger partial charge is 0.545 e. The molecule has 1 rings (SSSR count). The van der Waals surface area contributed by atoms with Crippen LogP contribution in [-0.4, -0.2) is 31.1 Å². The molecule has 0 aliphatic carbocycles. The number of aromatic nitrogens is 1. The number of methoxy groups -OCH3 is 2. The number of carboxylic acid groups (broad SMARTS) is 1. The third-order valence-corrected chi connectivity index (χ3v) is 1.69. The summed E-state index contributed by atoms with van der Waals surface area (Å²) >= 11 is 0. The summed E-state index contributed by atoms with van der Waals surface area (Å²) < 4.78 is 9.24. The van der Waals surface area contributed by atoms with E-state index in [-0.39, 0.29) is 17.0 Å². The number of rotatable bonds is 3. The molecule has 6 nitrogen and oxygen atoms in total. The van der Waals surface area contributed by atoms with Crippen molar-refractivity contribution in [3.63, 3.8) is 0 Å². The Labute approximate surface area is 85.5 Å². The lowest BCUT2D eigenvalue weighted by atomic mass is 10.2. The number of hydrogen-bond acceptors (Lipinski definition) is 6. The van der Waals surface area contributed by atoms with Crippen LogP contribution in [0.3, 0.4) is 0 Å². The van der Waals surface area contributed by atoms with E-state index >= 15 is 0 Å². The van der Waals surface area contributed by atoms with Gasteiger partial charge in [-0.3, -0.25) is 0 Å². The fourth-order valence-electron chi connectivity index (χ4n) is 0.962. The molecule has 0 saturated carbocycles. The Hall–Kier alpha value is -2.11. The van der Waals surface area contributed by atoms with Gasteiger partial charge in [0.15, 0.2) is 11.4 Å². The average molecular weight is 210 g/mol. The monoisotopic (exact) mass is 210 g/mol. The molecule has 0 fully saturated rings. The second-order valence-corrected chi connectivity index (χ2v) is 2.55. The first kappa shape index (κ1) is 11.0. The summed E-state index contributed by atoms with van der Waals surface area (Å²) in [6.07, 6.45) is 1.00. The van der Waals surface area contributed by atoms with Crippen LogP contribution in [0.2, 0.25) is 0 Å². The molecule has 0 atom stereocenters. The Morgan fingerprint density at radius 1 is 1.40 bits per heavy atom. The Balaban J connectivity index is 3.20. The van der Waals surface area contributed by atoms with Gasteiger partial charge in [-0.25, -0.2) is 9.78 Å². The van der Waals surface area contributed by atoms with Crippen molar-refractivity contribution >= 4 is 11.9 Å². The van der Waals surface area contributed by atoms with Crippen LogP contribution in [0.4, 0.5) is 0 Å². The number of carboxylic acids is 1. The summed E-state index contributed by atoms with van der Waals surface area (Å²) in [5.41, 5.74) is -0.246. The molecule has 0 aliphatic heterocycles. The lowest BCUT2D eigenvalue weighted by Gasteiger charge is -2.08. The molecular weight excluding hydrogens is 202 g/mol. The summed E-state index contributed by atoms with van der Waals surface area (Å²) in [6, 6.07) is 1.15. The highest BCUT2D eigenvalue weighted by molar-refractivity contribution is 5.92. The standard InChI is InChI=1S/C9H9NO5/c1-14-6-3-5(8(11)12)4-10-7(6)9(13)15-2/h3-4H,1-2H3,(H,11,12)/p-1. The fraction of sp³-hybridized carbons (Fsp3) is 0.222. The molecule has 0 N–H and O–H groups in total. The first-order chi connectivity index (χ1) is 7.10. The maximum atomic E-state index is 11.1. The predicted octanol–water partition coefficient (Wildman–Crippen LogP) is -0.760. The van der Waals surface area contributed by atoms with Crippen molar-refractivity contribution in [2.75, 3.05) is 14.2 Å². The van der Waals surface area contributed by atoms with Crippen LogP contribution in [0, 0.1) is 0 Å². The molecule has 0 aliphatic rings. The maximum absolute atomic E-state index is 11.1. The number of aromatic carboxylic acids is 1. The zero-order valence-electron chi connectivity index (χ0n) is 8.14. The number of pyridine rings is 1. The molecule has 0 unspecified atom stereocenters. The third kappa shape index (κ3) is 2.22. The van der Waals surface area contributed by atoms with Gasteiger partial charge in [-0.15, -0.1) is 0 Å². The highest BCUT2D eigenvalue weighted by Gasteiger charge is 2.15. The van der Waals surface area contributed by atoms with E-state index in [0.29, 0.717) is 0 Å². The van der Waals surface area contributed by atoms with E-state index in [0.717, 1.165) is 12.3 Å². The molecule has 0 aromatic carbocycles.